The molecule has 1 aromatic carbocycles. The lowest BCUT2D eigenvalue weighted by Crippen LogP contribution is -2.56. The lowest BCUT2D eigenvalue weighted by atomic mass is 9.47. The van der Waals surface area contributed by atoms with Gasteiger partial charge in [0.1, 0.15) is 0 Å². The molecule has 4 bridgehead atoms. The Labute approximate surface area is 216 Å². The van der Waals surface area contributed by atoms with E-state index in [0.29, 0.717) is 22.8 Å². The van der Waals surface area contributed by atoms with Crippen molar-refractivity contribution in [1.82, 2.24) is 4.98 Å². The molecule has 36 heavy (non-hydrogen) atoms. The fourth-order valence-electron chi connectivity index (χ4n) is 8.92. The van der Waals surface area contributed by atoms with Crippen molar-refractivity contribution in [2.24, 2.45) is 28.6 Å². The van der Waals surface area contributed by atoms with Gasteiger partial charge >= 0.3 is 0 Å². The molecule has 5 nitrogen and oxygen atoms in total. The summed E-state index contributed by atoms with van der Waals surface area (Å²) in [6.45, 7) is 0. The Balaban J connectivity index is 1.44. The number of carbonyl (C=O) groups excluding carboxylic acids is 1. The van der Waals surface area contributed by atoms with Crippen LogP contribution in [0.1, 0.15) is 55.6 Å². The molecule has 6 aliphatic rings. The number of hydrogen-bond donors (Lipinski definition) is 0. The summed E-state index contributed by atoms with van der Waals surface area (Å²) in [7, 11) is 0. The minimum Gasteiger partial charge on any atom is -0.351 e. The van der Waals surface area contributed by atoms with Crippen LogP contribution >= 0.6 is 11.6 Å². The Bertz CT molecular complexity index is 1320. The van der Waals surface area contributed by atoms with Crippen LogP contribution in [0.2, 0.25) is 5.02 Å². The first kappa shape index (κ1) is 22.1. The Morgan fingerprint density at radius 2 is 1.75 bits per heavy atom. The van der Waals surface area contributed by atoms with Crippen molar-refractivity contribution in [1.29, 1.82) is 10.5 Å². The number of rotatable bonds is 3. The van der Waals surface area contributed by atoms with E-state index in [1.54, 1.807) is 12.4 Å². The van der Waals surface area contributed by atoms with Crippen LogP contribution in [0.4, 0.5) is 5.69 Å². The summed E-state index contributed by atoms with van der Waals surface area (Å²) in [4.78, 5) is 21.4. The number of halogens is 1. The Kier molecular flexibility index (Phi) is 4.71. The zero-order valence-electron chi connectivity index (χ0n) is 20.0. The lowest BCUT2D eigenvalue weighted by Gasteiger charge is -2.57. The highest BCUT2D eigenvalue weighted by Crippen LogP contribution is 2.63. The fourth-order valence-corrected chi connectivity index (χ4v) is 9.10. The summed E-state index contributed by atoms with van der Waals surface area (Å²) in [6.07, 6.45) is 13.9. The van der Waals surface area contributed by atoms with Gasteiger partial charge in [-0.25, -0.2) is 0 Å². The standard InChI is InChI=1S/C30H27ClN4O/c31-23-4-5-24-21(11-23)3-6-25-30(16-32,17-33)26(22-2-1-7-34-15-22)27(35(24)25)28(36)29-12-18-8-19(13-29)10-20(9-18)14-29/h1-7,11,15,18-20,25-27H,8-10,12-14H2/t18?,19?,20?,25-,26-,27-,29?/m1/s1. The predicted molar refractivity (Wildman–Crippen MR) is 137 cm³/mol. The molecule has 6 heteroatoms. The number of nitriles is 2. The van der Waals surface area contributed by atoms with Crippen molar-refractivity contribution in [2.45, 2.75) is 56.5 Å². The molecule has 0 radical (unpaired) electrons. The molecule has 3 heterocycles. The normalized spacial score (nSPS) is 36.6. The number of ketones is 1. The number of pyridine rings is 1. The topological polar surface area (TPSA) is 80.8 Å². The van der Waals surface area contributed by atoms with E-state index in [-0.39, 0.29) is 11.2 Å². The van der Waals surface area contributed by atoms with Gasteiger partial charge in [-0.2, -0.15) is 10.5 Å². The van der Waals surface area contributed by atoms with Gasteiger partial charge in [-0.1, -0.05) is 29.8 Å². The van der Waals surface area contributed by atoms with Crippen LogP contribution in [0, 0.1) is 51.2 Å². The Morgan fingerprint density at radius 1 is 1.06 bits per heavy atom. The predicted octanol–water partition coefficient (Wildman–Crippen LogP) is 5.92. The number of carbonyl (C=O) groups is 1. The van der Waals surface area contributed by atoms with E-state index >= 15 is 4.79 Å². The molecule has 3 atom stereocenters. The van der Waals surface area contributed by atoms with Crippen LogP contribution in [-0.2, 0) is 4.79 Å². The average Bonchev–Trinajstić information content (AvgIpc) is 3.18. The zero-order chi connectivity index (χ0) is 24.7. The van der Waals surface area contributed by atoms with Crippen molar-refractivity contribution in [2.75, 3.05) is 4.90 Å². The van der Waals surface area contributed by atoms with Gasteiger partial charge in [-0.3, -0.25) is 9.78 Å². The third kappa shape index (κ3) is 2.87. The maximum Gasteiger partial charge on any atom is 0.176 e. The van der Waals surface area contributed by atoms with E-state index in [2.05, 4.69) is 22.0 Å². The second-order valence-electron chi connectivity index (χ2n) is 11.8. The van der Waals surface area contributed by atoms with E-state index in [4.69, 9.17) is 11.6 Å². The number of hydrogen-bond acceptors (Lipinski definition) is 5. The Morgan fingerprint density at radius 3 is 2.36 bits per heavy atom. The van der Waals surface area contributed by atoms with Crippen LogP contribution in [-0.4, -0.2) is 22.9 Å². The van der Waals surface area contributed by atoms with Gasteiger partial charge in [0, 0.05) is 34.4 Å². The van der Waals surface area contributed by atoms with Crippen molar-refractivity contribution >= 4 is 29.1 Å². The molecule has 8 rings (SSSR count). The molecule has 0 N–H and O–H groups in total. The van der Waals surface area contributed by atoms with Crippen molar-refractivity contribution in [3.8, 4) is 12.1 Å². The number of fused-ring (bicyclic) bond motifs is 3. The van der Waals surface area contributed by atoms with Crippen LogP contribution < -0.4 is 4.90 Å². The summed E-state index contributed by atoms with van der Waals surface area (Å²) in [5, 5.41) is 21.9. The zero-order valence-corrected chi connectivity index (χ0v) is 20.7. The summed E-state index contributed by atoms with van der Waals surface area (Å²) in [5.74, 6) is 1.50. The second-order valence-corrected chi connectivity index (χ2v) is 12.2. The lowest BCUT2D eigenvalue weighted by molar-refractivity contribution is -0.145. The summed E-state index contributed by atoms with van der Waals surface area (Å²) < 4.78 is 0. The van der Waals surface area contributed by atoms with Gasteiger partial charge in [0.15, 0.2) is 11.2 Å². The monoisotopic (exact) mass is 494 g/mol. The summed E-state index contributed by atoms with van der Waals surface area (Å²) in [6, 6.07) is 13.1. The fraction of sp³-hybridized carbons (Fsp3) is 0.467. The maximum absolute atomic E-state index is 15.0. The minimum absolute atomic E-state index is 0.226. The molecule has 4 saturated carbocycles. The molecule has 4 aliphatic carbocycles. The third-order valence-electron chi connectivity index (χ3n) is 9.84. The number of anilines is 1. The van der Waals surface area contributed by atoms with Gasteiger partial charge in [0.05, 0.1) is 24.2 Å². The molecular weight excluding hydrogens is 468 g/mol. The molecule has 1 saturated heterocycles. The number of benzene rings is 1. The van der Waals surface area contributed by atoms with Crippen LogP contribution in [0.25, 0.3) is 6.08 Å². The highest BCUT2D eigenvalue weighted by molar-refractivity contribution is 6.30. The number of nitrogens with zero attached hydrogens (tertiary/aromatic N) is 4. The first-order valence-corrected chi connectivity index (χ1v) is 13.4. The van der Waals surface area contributed by atoms with Crippen LogP contribution in [0.5, 0.6) is 0 Å². The van der Waals surface area contributed by atoms with Gasteiger partial charge < -0.3 is 4.90 Å². The molecule has 0 spiro atoms. The molecule has 0 amide bonds. The van der Waals surface area contributed by atoms with Crippen molar-refractivity contribution in [3.63, 3.8) is 0 Å². The first-order chi connectivity index (χ1) is 17.5. The largest absolute Gasteiger partial charge is 0.351 e. The second kappa shape index (κ2) is 7.67. The van der Waals surface area contributed by atoms with Gasteiger partial charge in [-0.05, 0) is 91.7 Å². The smallest absolute Gasteiger partial charge is 0.176 e. The first-order valence-electron chi connectivity index (χ1n) is 13.0. The number of aromatic nitrogens is 1. The Hall–Kier alpha value is -3.15. The third-order valence-corrected chi connectivity index (χ3v) is 10.1. The molecule has 0 unspecified atom stereocenters. The van der Waals surface area contributed by atoms with Gasteiger partial charge in [-0.15, -0.1) is 0 Å². The summed E-state index contributed by atoms with van der Waals surface area (Å²) >= 11 is 6.33. The molecule has 1 aromatic heterocycles. The van der Waals surface area contributed by atoms with Crippen molar-refractivity contribution < 1.29 is 4.79 Å². The highest BCUT2D eigenvalue weighted by atomic mass is 35.5. The molecule has 2 aliphatic heterocycles. The highest BCUT2D eigenvalue weighted by Gasteiger charge is 2.67. The number of Topliss-reactive ketones (excluding diaryl/α,β-unsaturated/α-hetero) is 1. The van der Waals surface area contributed by atoms with Crippen LogP contribution in [0.3, 0.4) is 0 Å². The van der Waals surface area contributed by atoms with E-state index in [9.17, 15) is 10.5 Å². The van der Waals surface area contributed by atoms with E-state index in [1.165, 1.54) is 19.3 Å². The van der Waals surface area contributed by atoms with Crippen LogP contribution in [0.15, 0.2) is 48.8 Å². The van der Waals surface area contributed by atoms with Gasteiger partial charge in [0.25, 0.3) is 0 Å². The quantitative estimate of drug-likeness (QED) is 0.528. The molecule has 2 aromatic rings. The van der Waals surface area contributed by atoms with Crippen molar-refractivity contribution in [3.05, 3.63) is 65.0 Å². The molecule has 180 valence electrons. The minimum atomic E-state index is -1.42. The van der Waals surface area contributed by atoms with E-state index in [0.717, 1.165) is 36.1 Å². The molecule has 5 fully saturated rings. The van der Waals surface area contributed by atoms with E-state index < -0.39 is 23.4 Å². The average molecular weight is 495 g/mol. The van der Waals surface area contributed by atoms with E-state index in [1.807, 2.05) is 42.5 Å². The molecular formula is C30H27ClN4O. The summed E-state index contributed by atoms with van der Waals surface area (Å²) in [5.41, 5.74) is 0.787. The van der Waals surface area contributed by atoms with Gasteiger partial charge in [0.2, 0.25) is 0 Å². The maximum atomic E-state index is 15.0. The SMILES string of the molecule is N#CC1(C#N)[C@H](c2cccnc2)[C@H](C(=O)C23CC4CC(CC(C4)C2)C3)N2c3ccc(Cl)cc3C=C[C@@H]21.